The highest BCUT2D eigenvalue weighted by atomic mass is 16.7. The van der Waals surface area contributed by atoms with Crippen LogP contribution in [0, 0.1) is 5.92 Å². The van der Waals surface area contributed by atoms with E-state index in [9.17, 15) is 0 Å². The summed E-state index contributed by atoms with van der Waals surface area (Å²) in [6.45, 7) is 0.938. The number of pyridine rings is 1. The van der Waals surface area contributed by atoms with Crippen molar-refractivity contribution in [1.82, 2.24) is 15.4 Å². The first-order valence-corrected chi connectivity index (χ1v) is 11.8. The number of nitrogens with one attached hydrogen (secondary N) is 1. The predicted molar refractivity (Wildman–Crippen MR) is 125 cm³/mol. The summed E-state index contributed by atoms with van der Waals surface area (Å²) in [7, 11) is 0. The van der Waals surface area contributed by atoms with Crippen molar-refractivity contribution in [2.24, 2.45) is 5.92 Å². The van der Waals surface area contributed by atoms with Gasteiger partial charge in [0.1, 0.15) is 0 Å². The second kappa shape index (κ2) is 8.53. The molecule has 3 aromatic rings. The predicted octanol–water partition coefficient (Wildman–Crippen LogP) is 5.73. The van der Waals surface area contributed by atoms with Gasteiger partial charge in [-0.05, 0) is 36.1 Å². The van der Waals surface area contributed by atoms with Crippen molar-refractivity contribution in [3.63, 3.8) is 0 Å². The molecule has 1 saturated carbocycles. The van der Waals surface area contributed by atoms with Gasteiger partial charge in [-0.2, -0.15) is 0 Å². The molecule has 1 aromatic heterocycles. The molecule has 4 heteroatoms. The summed E-state index contributed by atoms with van der Waals surface area (Å²) >= 11 is 0. The van der Waals surface area contributed by atoms with Gasteiger partial charge in [0.05, 0.1) is 11.7 Å². The van der Waals surface area contributed by atoms with Crippen LogP contribution >= 0.6 is 0 Å². The zero-order valence-corrected chi connectivity index (χ0v) is 18.2. The van der Waals surface area contributed by atoms with Crippen LogP contribution in [0.4, 0.5) is 0 Å². The van der Waals surface area contributed by atoms with Gasteiger partial charge >= 0.3 is 0 Å². The molecule has 0 saturated heterocycles. The molecule has 162 valence electrons. The zero-order valence-electron chi connectivity index (χ0n) is 18.2. The minimum atomic E-state index is -0.169. The number of nitrogens with zero attached hydrogens (tertiary/aromatic N) is 2. The topological polar surface area (TPSA) is 37.4 Å². The SMILES string of the molecule is c1ccc(CN2C(c3ccccc3)C3=C(NOC3c3ccccn3)C3CCCCC32)cc1. The lowest BCUT2D eigenvalue weighted by molar-refractivity contribution is 0.0310. The molecule has 4 unspecified atom stereocenters. The van der Waals surface area contributed by atoms with E-state index in [4.69, 9.17) is 4.84 Å². The fourth-order valence-electron chi connectivity index (χ4n) is 5.94. The van der Waals surface area contributed by atoms with E-state index in [1.165, 1.54) is 48.1 Å². The molecular weight excluding hydrogens is 394 g/mol. The average molecular weight is 424 g/mol. The molecule has 2 aliphatic heterocycles. The van der Waals surface area contributed by atoms with Crippen molar-refractivity contribution in [3.05, 3.63) is 113 Å². The molecule has 3 aliphatic rings. The normalized spacial score (nSPS) is 27.5. The summed E-state index contributed by atoms with van der Waals surface area (Å²) in [6, 6.07) is 28.6. The van der Waals surface area contributed by atoms with Crippen LogP contribution < -0.4 is 5.48 Å². The van der Waals surface area contributed by atoms with E-state index in [2.05, 4.69) is 88.2 Å². The Morgan fingerprint density at radius 3 is 2.41 bits per heavy atom. The Hall–Kier alpha value is -2.95. The molecule has 0 radical (unpaired) electrons. The molecule has 0 bridgehead atoms. The lowest BCUT2D eigenvalue weighted by Gasteiger charge is -2.49. The Kier molecular flexibility index (Phi) is 5.26. The first-order chi connectivity index (χ1) is 15.9. The summed E-state index contributed by atoms with van der Waals surface area (Å²) < 4.78 is 0. The van der Waals surface area contributed by atoms with Crippen LogP contribution in [0.2, 0.25) is 0 Å². The first kappa shape index (κ1) is 19.7. The van der Waals surface area contributed by atoms with Crippen LogP contribution in [-0.4, -0.2) is 15.9 Å². The fraction of sp³-hybridized carbons (Fsp3) is 0.321. The maximum absolute atomic E-state index is 6.27. The number of hydrogen-bond donors (Lipinski definition) is 1. The van der Waals surface area contributed by atoms with E-state index in [0.29, 0.717) is 12.0 Å². The molecule has 32 heavy (non-hydrogen) atoms. The van der Waals surface area contributed by atoms with Gasteiger partial charge < -0.3 is 0 Å². The minimum absolute atomic E-state index is 0.160. The van der Waals surface area contributed by atoms with Gasteiger partial charge in [-0.1, -0.05) is 79.6 Å². The van der Waals surface area contributed by atoms with Crippen LogP contribution in [0.25, 0.3) is 0 Å². The number of rotatable bonds is 4. The molecule has 0 spiro atoms. The molecule has 2 aromatic carbocycles. The van der Waals surface area contributed by atoms with Gasteiger partial charge in [0.25, 0.3) is 0 Å². The van der Waals surface area contributed by atoms with E-state index in [0.717, 1.165) is 12.2 Å². The number of hydroxylamine groups is 1. The number of fused-ring (bicyclic) bond motifs is 2. The van der Waals surface area contributed by atoms with E-state index >= 15 is 0 Å². The lowest BCUT2D eigenvalue weighted by Crippen LogP contribution is -2.50. The summed E-state index contributed by atoms with van der Waals surface area (Å²) in [5.74, 6) is 0.483. The Labute approximate surface area is 189 Å². The van der Waals surface area contributed by atoms with Crippen LogP contribution in [0.5, 0.6) is 0 Å². The summed E-state index contributed by atoms with van der Waals surface area (Å²) in [6.07, 6.45) is 6.71. The monoisotopic (exact) mass is 423 g/mol. The average Bonchev–Trinajstić information content (AvgIpc) is 3.31. The van der Waals surface area contributed by atoms with Crippen molar-refractivity contribution in [2.45, 2.75) is 50.4 Å². The first-order valence-electron chi connectivity index (χ1n) is 11.8. The molecule has 6 rings (SSSR count). The van der Waals surface area contributed by atoms with E-state index < -0.39 is 0 Å². The highest BCUT2D eigenvalue weighted by molar-refractivity contribution is 5.41. The summed E-state index contributed by atoms with van der Waals surface area (Å²) in [5.41, 5.74) is 9.72. The Morgan fingerprint density at radius 1 is 0.875 bits per heavy atom. The van der Waals surface area contributed by atoms with E-state index in [1.54, 1.807) is 0 Å². The molecule has 1 fully saturated rings. The van der Waals surface area contributed by atoms with E-state index in [1.807, 2.05) is 12.3 Å². The lowest BCUT2D eigenvalue weighted by atomic mass is 9.73. The van der Waals surface area contributed by atoms with Gasteiger partial charge in [-0.15, -0.1) is 0 Å². The Morgan fingerprint density at radius 2 is 1.62 bits per heavy atom. The maximum atomic E-state index is 6.27. The Bertz CT molecular complexity index is 1080. The van der Waals surface area contributed by atoms with Gasteiger partial charge in [-0.25, -0.2) is 0 Å². The molecule has 1 aliphatic carbocycles. The third kappa shape index (κ3) is 3.44. The number of hydrogen-bond acceptors (Lipinski definition) is 4. The smallest absolute Gasteiger partial charge is 0.152 e. The second-order valence-corrected chi connectivity index (χ2v) is 9.15. The molecular formula is C28H29N3O. The third-order valence-corrected chi connectivity index (χ3v) is 7.31. The standard InChI is InChI=1S/C28H29N3O/c1-3-11-20(12-4-1)19-31-24-17-8-7-15-22(24)26-25(27(31)21-13-5-2-6-14-21)28(32-30-26)23-16-9-10-18-29-23/h1-6,9-14,16,18,22,24,27-28,30H,7-8,15,17,19H2. The molecule has 3 heterocycles. The fourth-order valence-corrected chi connectivity index (χ4v) is 5.94. The zero-order chi connectivity index (χ0) is 21.3. The number of benzene rings is 2. The second-order valence-electron chi connectivity index (χ2n) is 9.15. The van der Waals surface area contributed by atoms with E-state index in [-0.39, 0.29) is 12.1 Å². The van der Waals surface area contributed by atoms with Gasteiger partial charge in [0.2, 0.25) is 0 Å². The van der Waals surface area contributed by atoms with Gasteiger partial charge in [0.15, 0.2) is 6.10 Å². The summed E-state index contributed by atoms with van der Waals surface area (Å²) in [5, 5.41) is 0. The summed E-state index contributed by atoms with van der Waals surface area (Å²) in [4.78, 5) is 13.7. The van der Waals surface area contributed by atoms with Crippen LogP contribution in [0.3, 0.4) is 0 Å². The minimum Gasteiger partial charge on any atom is -0.285 e. The number of aromatic nitrogens is 1. The highest BCUT2D eigenvalue weighted by Crippen LogP contribution is 2.52. The molecule has 1 N–H and O–H groups in total. The molecule has 4 atom stereocenters. The van der Waals surface area contributed by atoms with Gasteiger partial charge in [0, 0.05) is 36.0 Å². The molecule has 4 nitrogen and oxygen atoms in total. The largest absolute Gasteiger partial charge is 0.285 e. The van der Waals surface area contributed by atoms with Crippen LogP contribution in [-0.2, 0) is 11.4 Å². The van der Waals surface area contributed by atoms with Crippen molar-refractivity contribution >= 4 is 0 Å². The van der Waals surface area contributed by atoms with Crippen LogP contribution in [0.15, 0.2) is 96.3 Å². The Balaban J connectivity index is 1.51. The van der Waals surface area contributed by atoms with Crippen LogP contribution in [0.1, 0.15) is 54.6 Å². The third-order valence-electron chi connectivity index (χ3n) is 7.31. The quantitative estimate of drug-likeness (QED) is 0.582. The van der Waals surface area contributed by atoms with Crippen molar-refractivity contribution in [3.8, 4) is 0 Å². The van der Waals surface area contributed by atoms with Crippen molar-refractivity contribution in [2.75, 3.05) is 0 Å². The van der Waals surface area contributed by atoms with Crippen molar-refractivity contribution in [1.29, 1.82) is 0 Å². The van der Waals surface area contributed by atoms with Crippen molar-refractivity contribution < 1.29 is 4.84 Å². The highest BCUT2D eigenvalue weighted by Gasteiger charge is 2.49. The molecule has 0 amide bonds. The van der Waals surface area contributed by atoms with Gasteiger partial charge in [-0.3, -0.25) is 20.2 Å². The maximum Gasteiger partial charge on any atom is 0.152 e.